The molecule has 2 nitrogen and oxygen atoms in total. The van der Waals surface area contributed by atoms with Crippen LogP contribution in [0.3, 0.4) is 0 Å². The van der Waals surface area contributed by atoms with Crippen LogP contribution in [-0.4, -0.2) is 29.3 Å². The first-order valence-corrected chi connectivity index (χ1v) is 15.4. The van der Waals surface area contributed by atoms with Crippen molar-refractivity contribution in [2.75, 3.05) is 6.61 Å². The summed E-state index contributed by atoms with van der Waals surface area (Å²) in [6.07, 6.45) is 5.40. The zero-order valence-electron chi connectivity index (χ0n) is 17.2. The van der Waals surface area contributed by atoms with E-state index in [1.54, 1.807) is 0 Å². The highest BCUT2D eigenvalue weighted by Gasteiger charge is 2.34. The molecule has 0 bridgehead atoms. The van der Waals surface area contributed by atoms with Crippen molar-refractivity contribution in [3.05, 3.63) is 0 Å². The molecule has 0 fully saturated rings. The van der Waals surface area contributed by atoms with Crippen molar-refractivity contribution in [1.82, 2.24) is 0 Å². The summed E-state index contributed by atoms with van der Waals surface area (Å²) in [4.78, 5) is 0. The van der Waals surface area contributed by atoms with Gasteiger partial charge in [0, 0.05) is 0 Å². The molecule has 1 atom stereocenters. The van der Waals surface area contributed by atoms with E-state index in [1.807, 2.05) is 0 Å². The second-order valence-corrected chi connectivity index (χ2v) is 16.5. The Morgan fingerprint density at radius 2 is 1.13 bits per heavy atom. The molecule has 0 aliphatic heterocycles. The van der Waals surface area contributed by atoms with Crippen LogP contribution in [0.5, 0.6) is 0 Å². The summed E-state index contributed by atoms with van der Waals surface area (Å²) in [6.45, 7) is 17.0. The summed E-state index contributed by atoms with van der Waals surface area (Å²) < 4.78 is 13.4. The number of rotatable bonds is 15. The summed E-state index contributed by atoms with van der Waals surface area (Å²) in [6, 6.07) is 7.42. The topological polar surface area (TPSA) is 18.5 Å². The number of hydrogen-bond acceptors (Lipinski definition) is 2. The minimum atomic E-state index is -1.53. The van der Waals surface area contributed by atoms with Crippen LogP contribution in [0.25, 0.3) is 0 Å². The maximum atomic E-state index is 6.80. The lowest BCUT2D eigenvalue weighted by molar-refractivity contribution is 0.102. The normalized spacial score (nSPS) is 14.2. The van der Waals surface area contributed by atoms with Gasteiger partial charge in [0.1, 0.15) is 0 Å². The summed E-state index contributed by atoms with van der Waals surface area (Å²) in [5, 5.41) is 0. The van der Waals surface area contributed by atoms with E-state index in [0.717, 1.165) is 6.61 Å². The lowest BCUT2D eigenvalue weighted by Gasteiger charge is -2.36. The SMILES string of the molecule is CCCCC[C@@H](CO[Si](CC)(CC)CC)O[Si](CC)(CC)CC. The predicted octanol–water partition coefficient (Wildman–Crippen LogP) is 6.98. The first-order valence-electron chi connectivity index (χ1n) is 10.3. The Balaban J connectivity index is 4.85. The van der Waals surface area contributed by atoms with Crippen LogP contribution in [0.15, 0.2) is 0 Å². The lowest BCUT2D eigenvalue weighted by Crippen LogP contribution is -2.44. The van der Waals surface area contributed by atoms with E-state index in [0.29, 0.717) is 6.10 Å². The molecule has 0 rings (SSSR count). The second-order valence-electron chi connectivity index (χ2n) is 7.03. The molecule has 0 aromatic heterocycles. The lowest BCUT2D eigenvalue weighted by atomic mass is 10.1. The van der Waals surface area contributed by atoms with Gasteiger partial charge in [-0.15, -0.1) is 0 Å². The summed E-state index contributed by atoms with van der Waals surface area (Å²) in [7, 11) is -3.03. The first-order chi connectivity index (χ1) is 11.0. The first kappa shape index (κ1) is 23.4. The third-order valence-corrected chi connectivity index (χ3v) is 15.3. The third-order valence-electron chi connectivity index (χ3n) is 5.99. The van der Waals surface area contributed by atoms with Gasteiger partial charge in [-0.3, -0.25) is 0 Å². The average Bonchev–Trinajstić information content (AvgIpc) is 2.61. The van der Waals surface area contributed by atoms with E-state index >= 15 is 0 Å². The van der Waals surface area contributed by atoms with Crippen molar-refractivity contribution >= 4 is 16.6 Å². The summed E-state index contributed by atoms with van der Waals surface area (Å²) >= 11 is 0. The van der Waals surface area contributed by atoms with Gasteiger partial charge in [0.25, 0.3) is 0 Å². The van der Waals surface area contributed by atoms with Gasteiger partial charge in [-0.2, -0.15) is 0 Å². The fourth-order valence-corrected chi connectivity index (χ4v) is 9.02. The van der Waals surface area contributed by atoms with Crippen LogP contribution in [-0.2, 0) is 8.85 Å². The van der Waals surface area contributed by atoms with E-state index in [2.05, 4.69) is 48.5 Å². The van der Waals surface area contributed by atoms with Crippen LogP contribution in [0.2, 0.25) is 36.3 Å². The molecule has 0 radical (unpaired) electrons. The van der Waals surface area contributed by atoms with Gasteiger partial charge in [0.05, 0.1) is 12.7 Å². The molecule has 0 spiro atoms. The second kappa shape index (κ2) is 12.7. The van der Waals surface area contributed by atoms with Crippen LogP contribution in [0.1, 0.15) is 74.1 Å². The monoisotopic (exact) mass is 360 g/mol. The van der Waals surface area contributed by atoms with E-state index in [1.165, 1.54) is 61.9 Å². The van der Waals surface area contributed by atoms with Crippen molar-refractivity contribution < 1.29 is 8.85 Å². The van der Waals surface area contributed by atoms with Gasteiger partial charge in [-0.25, -0.2) is 0 Å². The van der Waals surface area contributed by atoms with Crippen LogP contribution in [0.4, 0.5) is 0 Å². The highest BCUT2D eigenvalue weighted by atomic mass is 28.4. The van der Waals surface area contributed by atoms with Gasteiger partial charge in [-0.1, -0.05) is 67.7 Å². The zero-order valence-corrected chi connectivity index (χ0v) is 19.2. The molecule has 0 amide bonds. The Hall–Kier alpha value is 0.354. The molecule has 0 saturated heterocycles. The van der Waals surface area contributed by atoms with E-state index < -0.39 is 16.6 Å². The third kappa shape index (κ3) is 7.85. The predicted molar refractivity (Wildman–Crippen MR) is 109 cm³/mol. The molecule has 0 aliphatic carbocycles. The number of unbranched alkanes of at least 4 members (excludes halogenated alkanes) is 2. The molecule has 0 aromatic rings. The van der Waals surface area contributed by atoms with Crippen molar-refractivity contribution in [2.24, 2.45) is 0 Å². The van der Waals surface area contributed by atoms with Gasteiger partial charge < -0.3 is 8.85 Å². The summed E-state index contributed by atoms with van der Waals surface area (Å²) in [5.41, 5.74) is 0. The van der Waals surface area contributed by atoms with Crippen LogP contribution in [0, 0.1) is 0 Å². The minimum Gasteiger partial charge on any atom is -0.414 e. The quantitative estimate of drug-likeness (QED) is 0.232. The molecule has 0 aromatic carbocycles. The zero-order chi connectivity index (χ0) is 17.8. The molecule has 140 valence electrons. The van der Waals surface area contributed by atoms with E-state index in [9.17, 15) is 0 Å². The Morgan fingerprint density at radius 1 is 0.652 bits per heavy atom. The van der Waals surface area contributed by atoms with Crippen molar-refractivity contribution in [3.63, 3.8) is 0 Å². The van der Waals surface area contributed by atoms with Gasteiger partial charge in [0.15, 0.2) is 16.6 Å². The maximum absolute atomic E-state index is 6.80. The summed E-state index contributed by atoms with van der Waals surface area (Å²) in [5.74, 6) is 0. The standard InChI is InChI=1S/C19H44O2Si2/c1-8-15-16-17-19(21-23(12-5,13-6)14-7)18-20-22(9-2,10-3)11-4/h19H,8-18H2,1-7H3/t19-/m0/s1. The molecular formula is C19H44O2Si2. The highest BCUT2D eigenvalue weighted by molar-refractivity contribution is 6.74. The molecule has 4 heteroatoms. The average molecular weight is 361 g/mol. The van der Waals surface area contributed by atoms with Gasteiger partial charge in [0.2, 0.25) is 0 Å². The minimum absolute atomic E-state index is 0.338. The Kier molecular flexibility index (Phi) is 12.9. The van der Waals surface area contributed by atoms with Crippen molar-refractivity contribution in [3.8, 4) is 0 Å². The molecule has 0 aliphatic rings. The van der Waals surface area contributed by atoms with Crippen molar-refractivity contribution in [1.29, 1.82) is 0 Å². The van der Waals surface area contributed by atoms with Crippen molar-refractivity contribution in [2.45, 2.75) is 117 Å². The fraction of sp³-hybridized carbons (Fsp3) is 1.00. The van der Waals surface area contributed by atoms with E-state index in [-0.39, 0.29) is 0 Å². The Bertz CT molecular complexity index is 260. The molecule has 0 unspecified atom stereocenters. The van der Waals surface area contributed by atoms with Crippen LogP contribution < -0.4 is 0 Å². The van der Waals surface area contributed by atoms with Gasteiger partial charge >= 0.3 is 0 Å². The Labute approximate surface area is 149 Å². The van der Waals surface area contributed by atoms with Crippen LogP contribution >= 0.6 is 0 Å². The highest BCUT2D eigenvalue weighted by Crippen LogP contribution is 2.27. The Morgan fingerprint density at radius 3 is 1.52 bits per heavy atom. The number of hydrogen-bond donors (Lipinski definition) is 0. The maximum Gasteiger partial charge on any atom is 0.192 e. The molecule has 23 heavy (non-hydrogen) atoms. The molecule has 0 heterocycles. The molecular weight excluding hydrogens is 316 g/mol. The van der Waals surface area contributed by atoms with E-state index in [4.69, 9.17) is 8.85 Å². The largest absolute Gasteiger partial charge is 0.414 e. The molecule has 0 N–H and O–H groups in total. The van der Waals surface area contributed by atoms with Gasteiger partial charge in [-0.05, 0) is 42.7 Å². The molecule has 0 saturated carbocycles. The smallest absolute Gasteiger partial charge is 0.192 e. The fourth-order valence-electron chi connectivity index (χ4n) is 3.48.